The predicted octanol–water partition coefficient (Wildman–Crippen LogP) is 4.09. The van der Waals surface area contributed by atoms with E-state index >= 15 is 0 Å². The zero-order valence-electron chi connectivity index (χ0n) is 13.1. The SMILES string of the molecule is CCCCc1ccc(-c2cc3ccc(NN)cc3oc2=O)cc1. The zero-order chi connectivity index (χ0) is 16.2. The molecule has 0 atom stereocenters. The van der Waals surface area contributed by atoms with Crippen molar-refractivity contribution in [3.63, 3.8) is 0 Å². The summed E-state index contributed by atoms with van der Waals surface area (Å²) in [5, 5.41) is 0.869. The van der Waals surface area contributed by atoms with Crippen molar-refractivity contribution in [2.24, 2.45) is 5.84 Å². The monoisotopic (exact) mass is 308 g/mol. The molecule has 0 aliphatic carbocycles. The topological polar surface area (TPSA) is 68.3 Å². The number of nitrogens with two attached hydrogens (primary N) is 1. The molecule has 0 aliphatic rings. The third-order valence-corrected chi connectivity index (χ3v) is 3.99. The number of unbranched alkanes of at least 4 members (excludes halogenated alkanes) is 1. The summed E-state index contributed by atoms with van der Waals surface area (Å²) in [5.41, 5.74) is 6.18. The minimum atomic E-state index is -0.340. The molecule has 4 nitrogen and oxygen atoms in total. The van der Waals surface area contributed by atoms with Crippen LogP contribution in [0.25, 0.3) is 22.1 Å². The van der Waals surface area contributed by atoms with Crippen molar-refractivity contribution in [3.8, 4) is 11.1 Å². The Bertz CT molecular complexity index is 867. The van der Waals surface area contributed by atoms with E-state index in [2.05, 4.69) is 24.5 Å². The normalized spacial score (nSPS) is 10.9. The van der Waals surface area contributed by atoms with Gasteiger partial charge in [-0.3, -0.25) is 5.84 Å². The molecule has 0 radical (unpaired) electrons. The highest BCUT2D eigenvalue weighted by atomic mass is 16.4. The Labute approximate surface area is 134 Å². The second-order valence-corrected chi connectivity index (χ2v) is 5.64. The summed E-state index contributed by atoms with van der Waals surface area (Å²) in [6, 6.07) is 15.4. The van der Waals surface area contributed by atoms with Gasteiger partial charge in [0.1, 0.15) is 5.58 Å². The molecule has 2 aromatic carbocycles. The molecule has 4 heteroatoms. The van der Waals surface area contributed by atoms with Gasteiger partial charge in [0.2, 0.25) is 0 Å². The average Bonchev–Trinajstić information content (AvgIpc) is 2.59. The van der Waals surface area contributed by atoms with E-state index in [1.165, 1.54) is 18.4 Å². The Morgan fingerprint density at radius 1 is 1.09 bits per heavy atom. The number of aryl methyl sites for hydroxylation is 1. The van der Waals surface area contributed by atoms with Crippen LogP contribution in [0.15, 0.2) is 57.7 Å². The lowest BCUT2D eigenvalue weighted by molar-refractivity contribution is 0.563. The van der Waals surface area contributed by atoms with Gasteiger partial charge in [0.05, 0.1) is 11.3 Å². The lowest BCUT2D eigenvalue weighted by Gasteiger charge is -2.06. The molecule has 0 saturated heterocycles. The molecule has 1 heterocycles. The van der Waals surface area contributed by atoms with Crippen LogP contribution in [0.3, 0.4) is 0 Å². The molecule has 0 spiro atoms. The van der Waals surface area contributed by atoms with Gasteiger partial charge in [-0.1, -0.05) is 37.6 Å². The standard InChI is InChI=1S/C19H20N2O2/c1-2-3-4-13-5-7-14(8-6-13)17-11-15-9-10-16(21-20)12-18(15)23-19(17)22/h5-12,21H,2-4,20H2,1H3. The fourth-order valence-electron chi connectivity index (χ4n) is 2.63. The fourth-order valence-corrected chi connectivity index (χ4v) is 2.63. The first-order valence-corrected chi connectivity index (χ1v) is 7.85. The Morgan fingerprint density at radius 3 is 2.57 bits per heavy atom. The van der Waals surface area contributed by atoms with E-state index < -0.39 is 0 Å². The van der Waals surface area contributed by atoms with E-state index in [-0.39, 0.29) is 5.63 Å². The van der Waals surface area contributed by atoms with Crippen molar-refractivity contribution < 1.29 is 4.42 Å². The molecule has 3 rings (SSSR count). The van der Waals surface area contributed by atoms with Crippen LogP contribution in [0.2, 0.25) is 0 Å². The van der Waals surface area contributed by atoms with Gasteiger partial charge in [-0.05, 0) is 42.2 Å². The highest BCUT2D eigenvalue weighted by Crippen LogP contribution is 2.23. The molecule has 0 saturated carbocycles. The second-order valence-electron chi connectivity index (χ2n) is 5.64. The van der Waals surface area contributed by atoms with Crippen molar-refractivity contribution in [2.75, 3.05) is 5.43 Å². The molecule has 1 aromatic heterocycles. The van der Waals surface area contributed by atoms with Crippen LogP contribution in [0.4, 0.5) is 5.69 Å². The van der Waals surface area contributed by atoms with Gasteiger partial charge in [-0.25, -0.2) is 4.79 Å². The van der Waals surface area contributed by atoms with E-state index in [4.69, 9.17) is 10.3 Å². The van der Waals surface area contributed by atoms with Gasteiger partial charge in [0, 0.05) is 11.5 Å². The summed E-state index contributed by atoms with van der Waals surface area (Å²) in [6.45, 7) is 2.18. The van der Waals surface area contributed by atoms with E-state index in [9.17, 15) is 4.79 Å². The summed E-state index contributed by atoms with van der Waals surface area (Å²) < 4.78 is 5.43. The first kappa shape index (κ1) is 15.3. The van der Waals surface area contributed by atoms with Crippen molar-refractivity contribution >= 4 is 16.7 Å². The maximum absolute atomic E-state index is 12.3. The maximum atomic E-state index is 12.3. The fraction of sp³-hybridized carbons (Fsp3) is 0.211. The van der Waals surface area contributed by atoms with Gasteiger partial charge in [0.15, 0.2) is 0 Å². The molecule has 3 aromatic rings. The van der Waals surface area contributed by atoms with Crippen LogP contribution in [0, 0.1) is 0 Å². The van der Waals surface area contributed by atoms with Gasteiger partial charge < -0.3 is 9.84 Å². The number of nitrogens with one attached hydrogen (secondary N) is 1. The zero-order valence-corrected chi connectivity index (χ0v) is 13.1. The molecular formula is C19H20N2O2. The first-order chi connectivity index (χ1) is 11.2. The van der Waals surface area contributed by atoms with E-state index in [0.29, 0.717) is 16.8 Å². The Hall–Kier alpha value is -2.59. The third kappa shape index (κ3) is 3.27. The molecule has 0 amide bonds. The molecule has 23 heavy (non-hydrogen) atoms. The Kier molecular flexibility index (Phi) is 4.44. The second kappa shape index (κ2) is 6.67. The third-order valence-electron chi connectivity index (χ3n) is 3.99. The number of hydrogen-bond acceptors (Lipinski definition) is 4. The number of hydrazine groups is 1. The molecule has 0 aliphatic heterocycles. The summed E-state index contributed by atoms with van der Waals surface area (Å²) in [4.78, 5) is 12.3. The highest BCUT2D eigenvalue weighted by Gasteiger charge is 2.08. The first-order valence-electron chi connectivity index (χ1n) is 7.85. The molecule has 0 unspecified atom stereocenters. The largest absolute Gasteiger partial charge is 0.422 e. The minimum absolute atomic E-state index is 0.340. The predicted molar refractivity (Wildman–Crippen MR) is 94.3 cm³/mol. The number of benzene rings is 2. The summed E-state index contributed by atoms with van der Waals surface area (Å²) in [6.07, 6.45) is 3.42. The maximum Gasteiger partial charge on any atom is 0.344 e. The molecular weight excluding hydrogens is 288 g/mol. The van der Waals surface area contributed by atoms with Crippen molar-refractivity contribution in [2.45, 2.75) is 26.2 Å². The average molecular weight is 308 g/mol. The number of nitrogen functional groups attached to an aromatic ring is 1. The highest BCUT2D eigenvalue weighted by molar-refractivity contribution is 5.84. The molecule has 118 valence electrons. The van der Waals surface area contributed by atoms with Crippen LogP contribution in [-0.4, -0.2) is 0 Å². The molecule has 0 bridgehead atoms. The van der Waals surface area contributed by atoms with Gasteiger partial charge >= 0.3 is 5.63 Å². The quantitative estimate of drug-likeness (QED) is 0.423. The summed E-state index contributed by atoms with van der Waals surface area (Å²) >= 11 is 0. The number of rotatable bonds is 5. The van der Waals surface area contributed by atoms with Gasteiger partial charge in [-0.15, -0.1) is 0 Å². The smallest absolute Gasteiger partial charge is 0.344 e. The van der Waals surface area contributed by atoms with E-state index in [0.717, 1.165) is 17.4 Å². The summed E-state index contributed by atoms with van der Waals surface area (Å²) in [7, 11) is 0. The van der Waals surface area contributed by atoms with Crippen molar-refractivity contribution in [3.05, 3.63) is 64.5 Å². The van der Waals surface area contributed by atoms with Gasteiger partial charge in [0.25, 0.3) is 0 Å². The lowest BCUT2D eigenvalue weighted by atomic mass is 10.0. The minimum Gasteiger partial charge on any atom is -0.422 e. The lowest BCUT2D eigenvalue weighted by Crippen LogP contribution is -2.07. The van der Waals surface area contributed by atoms with E-state index in [1.807, 2.05) is 30.3 Å². The van der Waals surface area contributed by atoms with Crippen LogP contribution in [0.1, 0.15) is 25.3 Å². The van der Waals surface area contributed by atoms with Crippen LogP contribution in [-0.2, 0) is 6.42 Å². The number of hydrogen-bond donors (Lipinski definition) is 2. The molecule has 3 N–H and O–H groups in total. The molecule has 0 fully saturated rings. The van der Waals surface area contributed by atoms with Crippen LogP contribution < -0.4 is 16.9 Å². The number of anilines is 1. The van der Waals surface area contributed by atoms with Crippen LogP contribution in [0.5, 0.6) is 0 Å². The van der Waals surface area contributed by atoms with Crippen LogP contribution >= 0.6 is 0 Å². The Balaban J connectivity index is 1.99. The Morgan fingerprint density at radius 2 is 1.87 bits per heavy atom. The van der Waals surface area contributed by atoms with Crippen molar-refractivity contribution in [1.82, 2.24) is 0 Å². The van der Waals surface area contributed by atoms with E-state index in [1.54, 1.807) is 6.07 Å². The van der Waals surface area contributed by atoms with Crippen molar-refractivity contribution in [1.29, 1.82) is 0 Å². The summed E-state index contributed by atoms with van der Waals surface area (Å²) in [5.74, 6) is 5.38. The van der Waals surface area contributed by atoms with Gasteiger partial charge in [-0.2, -0.15) is 0 Å². The number of fused-ring (bicyclic) bond motifs is 1.